The van der Waals surface area contributed by atoms with E-state index in [0.717, 1.165) is 0 Å². The van der Waals surface area contributed by atoms with Crippen LogP contribution in [0.25, 0.3) is 22.4 Å². The fraction of sp³-hybridized carbons (Fsp3) is 0.143. The third-order valence-electron chi connectivity index (χ3n) is 4.55. The van der Waals surface area contributed by atoms with Crippen molar-refractivity contribution in [2.24, 2.45) is 0 Å². The van der Waals surface area contributed by atoms with Crippen LogP contribution in [0.1, 0.15) is 21.6 Å². The van der Waals surface area contributed by atoms with Crippen LogP contribution in [0.4, 0.5) is 17.6 Å². The van der Waals surface area contributed by atoms with Crippen molar-refractivity contribution in [2.75, 3.05) is 5.43 Å². The summed E-state index contributed by atoms with van der Waals surface area (Å²) in [6.07, 6.45) is -1.72. The van der Waals surface area contributed by atoms with Gasteiger partial charge >= 0.3 is 6.18 Å². The summed E-state index contributed by atoms with van der Waals surface area (Å²) < 4.78 is 53.3. The number of hydrogen-bond acceptors (Lipinski definition) is 4. The van der Waals surface area contributed by atoms with Crippen LogP contribution in [0.2, 0.25) is 0 Å². The van der Waals surface area contributed by atoms with E-state index in [9.17, 15) is 22.4 Å². The van der Waals surface area contributed by atoms with Crippen molar-refractivity contribution in [3.63, 3.8) is 0 Å². The summed E-state index contributed by atoms with van der Waals surface area (Å²) in [6, 6.07) is 8.84. The highest BCUT2D eigenvalue weighted by atomic mass is 19.4. The zero-order chi connectivity index (χ0) is 22.2. The van der Waals surface area contributed by atoms with Crippen molar-refractivity contribution in [3.05, 3.63) is 77.6 Å². The van der Waals surface area contributed by atoms with E-state index in [4.69, 9.17) is 0 Å². The number of fused-ring (bicyclic) bond motifs is 1. The first-order chi connectivity index (χ1) is 14.7. The maximum atomic E-state index is 13.4. The molecule has 0 aliphatic carbocycles. The number of nitrogens with one attached hydrogen (secondary N) is 1. The van der Waals surface area contributed by atoms with E-state index in [0.29, 0.717) is 16.8 Å². The first kappa shape index (κ1) is 20.5. The predicted octanol–water partition coefficient (Wildman–Crippen LogP) is 4.43. The fourth-order valence-corrected chi connectivity index (χ4v) is 3.19. The van der Waals surface area contributed by atoms with Crippen LogP contribution in [0, 0.1) is 12.7 Å². The van der Waals surface area contributed by atoms with Gasteiger partial charge in [0.15, 0.2) is 5.82 Å². The molecule has 6 nitrogen and oxygen atoms in total. The Morgan fingerprint density at radius 1 is 1.16 bits per heavy atom. The molecule has 0 aliphatic heterocycles. The Kier molecular flexibility index (Phi) is 5.14. The van der Waals surface area contributed by atoms with Gasteiger partial charge in [-0.2, -0.15) is 13.2 Å². The van der Waals surface area contributed by atoms with Crippen molar-refractivity contribution in [2.45, 2.75) is 19.5 Å². The number of aromatic nitrogens is 4. The number of alkyl halides is 3. The van der Waals surface area contributed by atoms with E-state index in [1.807, 2.05) is 0 Å². The molecule has 0 fully saturated rings. The monoisotopic (exact) mass is 429 g/mol. The molecule has 0 bridgehead atoms. The van der Waals surface area contributed by atoms with Gasteiger partial charge in [-0.25, -0.2) is 14.4 Å². The third kappa shape index (κ3) is 4.37. The minimum absolute atomic E-state index is 0.0576. The molecule has 31 heavy (non-hydrogen) atoms. The highest BCUT2D eigenvalue weighted by Crippen LogP contribution is 2.27. The molecule has 158 valence electrons. The molecular formula is C21H15F4N5O. The molecule has 0 spiro atoms. The number of pyridine rings is 1. The Bertz CT molecular complexity index is 1280. The third-order valence-corrected chi connectivity index (χ3v) is 4.55. The maximum absolute atomic E-state index is 13.4. The minimum atomic E-state index is -4.42. The highest BCUT2D eigenvalue weighted by molar-refractivity contribution is 6.01. The molecule has 0 radical (unpaired) electrons. The molecule has 0 saturated heterocycles. The molecule has 4 aromatic rings. The lowest BCUT2D eigenvalue weighted by molar-refractivity contribution is -0.127. The van der Waals surface area contributed by atoms with Crippen LogP contribution in [0.5, 0.6) is 0 Å². The summed E-state index contributed by atoms with van der Waals surface area (Å²) in [7, 11) is 0. The second-order valence-corrected chi connectivity index (χ2v) is 6.83. The lowest BCUT2D eigenvalue weighted by Gasteiger charge is -2.10. The number of aryl methyl sites for hydroxylation is 1. The quantitative estimate of drug-likeness (QED) is 0.487. The van der Waals surface area contributed by atoms with Gasteiger partial charge in [0.1, 0.15) is 5.82 Å². The van der Waals surface area contributed by atoms with Crippen molar-refractivity contribution in [3.8, 4) is 11.4 Å². The number of benzene rings is 1. The van der Waals surface area contributed by atoms with Gasteiger partial charge in [-0.05, 0) is 31.2 Å². The molecule has 1 aromatic carbocycles. The van der Waals surface area contributed by atoms with Gasteiger partial charge in [-0.1, -0.05) is 12.1 Å². The smallest absolute Gasteiger partial charge is 0.267 e. The fourth-order valence-electron chi connectivity index (χ4n) is 3.19. The first-order valence-corrected chi connectivity index (χ1v) is 9.14. The summed E-state index contributed by atoms with van der Waals surface area (Å²) >= 11 is 0. The van der Waals surface area contributed by atoms with Crippen molar-refractivity contribution >= 4 is 16.9 Å². The summed E-state index contributed by atoms with van der Waals surface area (Å²) in [5.41, 5.74) is 3.87. The number of carbonyl (C=O) groups is 1. The molecule has 1 N–H and O–H groups in total. The molecule has 0 saturated carbocycles. The van der Waals surface area contributed by atoms with E-state index < -0.39 is 24.3 Å². The van der Waals surface area contributed by atoms with Crippen molar-refractivity contribution in [1.82, 2.24) is 19.6 Å². The van der Waals surface area contributed by atoms with Crippen LogP contribution in [0.15, 0.2) is 55.0 Å². The normalized spacial score (nSPS) is 11.6. The molecule has 0 aliphatic rings. The van der Waals surface area contributed by atoms with E-state index in [1.54, 1.807) is 25.1 Å². The van der Waals surface area contributed by atoms with Crippen LogP contribution in [0.3, 0.4) is 0 Å². The molecule has 3 heterocycles. The average molecular weight is 429 g/mol. The van der Waals surface area contributed by atoms with Gasteiger partial charge in [-0.15, -0.1) is 0 Å². The number of hydrogen-bond donors (Lipinski definition) is 1. The molecule has 1 amide bonds. The van der Waals surface area contributed by atoms with Crippen LogP contribution in [-0.4, -0.2) is 31.7 Å². The Labute approximate surface area is 173 Å². The molecular weight excluding hydrogens is 414 g/mol. The summed E-state index contributed by atoms with van der Waals surface area (Å²) in [6.45, 7) is 1.59. The Balaban J connectivity index is 1.64. The van der Waals surface area contributed by atoms with Gasteiger partial charge in [0.05, 0.1) is 28.7 Å². The largest absolute Gasteiger partial charge is 0.393 e. The van der Waals surface area contributed by atoms with Crippen molar-refractivity contribution < 1.29 is 22.4 Å². The summed E-state index contributed by atoms with van der Waals surface area (Å²) in [5.74, 6) is -0.803. The standard InChI is InChI=1S/C21H15F4N5O/c1-12-16(10-27-19(28-12)13-4-2-5-15(22)8-13)20(31)29-30-11-14(9-21(23,24)25)18-17(30)6-3-7-26-18/h2-8,10-11H,9H2,1H3,(H,29,31). The van der Waals surface area contributed by atoms with Gasteiger partial charge < -0.3 is 0 Å². The Hall–Kier alpha value is -3.82. The van der Waals surface area contributed by atoms with E-state index in [-0.39, 0.29) is 22.5 Å². The highest BCUT2D eigenvalue weighted by Gasteiger charge is 2.30. The molecule has 10 heteroatoms. The Morgan fingerprint density at radius 3 is 2.68 bits per heavy atom. The Morgan fingerprint density at radius 2 is 1.97 bits per heavy atom. The predicted molar refractivity (Wildman–Crippen MR) is 105 cm³/mol. The van der Waals surface area contributed by atoms with E-state index >= 15 is 0 Å². The number of carbonyl (C=O) groups excluding carboxylic acids is 1. The van der Waals surface area contributed by atoms with Crippen LogP contribution in [-0.2, 0) is 6.42 Å². The van der Waals surface area contributed by atoms with Gasteiger partial charge in [0, 0.05) is 29.7 Å². The second-order valence-electron chi connectivity index (χ2n) is 6.83. The summed E-state index contributed by atoms with van der Waals surface area (Å²) in [5, 5.41) is 0. The van der Waals surface area contributed by atoms with E-state index in [2.05, 4.69) is 20.4 Å². The number of amides is 1. The zero-order valence-electron chi connectivity index (χ0n) is 16.1. The zero-order valence-corrected chi connectivity index (χ0v) is 16.1. The lowest BCUT2D eigenvalue weighted by Crippen LogP contribution is -2.23. The summed E-state index contributed by atoms with van der Waals surface area (Å²) in [4.78, 5) is 25.1. The van der Waals surface area contributed by atoms with Gasteiger partial charge in [0.2, 0.25) is 0 Å². The van der Waals surface area contributed by atoms with E-state index in [1.165, 1.54) is 41.5 Å². The molecule has 3 aromatic heterocycles. The SMILES string of the molecule is Cc1nc(-c2cccc(F)c2)ncc1C(=O)Nn1cc(CC(F)(F)F)c2ncccc21. The maximum Gasteiger partial charge on any atom is 0.393 e. The first-order valence-electron chi connectivity index (χ1n) is 9.14. The number of nitrogens with zero attached hydrogens (tertiary/aromatic N) is 4. The topological polar surface area (TPSA) is 72.7 Å². The van der Waals surface area contributed by atoms with Gasteiger partial charge in [-0.3, -0.25) is 19.9 Å². The number of rotatable bonds is 4. The average Bonchev–Trinajstić information content (AvgIpc) is 3.03. The van der Waals surface area contributed by atoms with Crippen molar-refractivity contribution in [1.29, 1.82) is 0 Å². The minimum Gasteiger partial charge on any atom is -0.267 e. The molecule has 4 rings (SSSR count). The lowest BCUT2D eigenvalue weighted by atomic mass is 10.2. The second kappa shape index (κ2) is 7.78. The molecule has 0 unspecified atom stereocenters. The van der Waals surface area contributed by atoms with Crippen LogP contribution >= 0.6 is 0 Å². The van der Waals surface area contributed by atoms with Gasteiger partial charge in [0.25, 0.3) is 5.91 Å². The molecule has 0 atom stereocenters. The number of halogens is 4. The van der Waals surface area contributed by atoms with Crippen LogP contribution < -0.4 is 5.43 Å².